The van der Waals surface area contributed by atoms with Gasteiger partial charge >= 0.3 is 0 Å². The molecule has 0 aromatic carbocycles. The Balaban J connectivity index is 1.61. The molecule has 0 saturated heterocycles. The van der Waals surface area contributed by atoms with E-state index in [1.54, 1.807) is 25.2 Å². The zero-order valence-corrected chi connectivity index (χ0v) is 15.8. The lowest BCUT2D eigenvalue weighted by atomic mass is 10.2. The number of pyridine rings is 1. The van der Waals surface area contributed by atoms with Gasteiger partial charge in [0.25, 0.3) is 5.91 Å². The number of nitrogens with zero attached hydrogens (tertiary/aromatic N) is 4. The van der Waals surface area contributed by atoms with Crippen molar-refractivity contribution in [1.29, 1.82) is 0 Å². The predicted octanol–water partition coefficient (Wildman–Crippen LogP) is 1.56. The summed E-state index contributed by atoms with van der Waals surface area (Å²) in [5.74, 6) is 0.409. The van der Waals surface area contributed by atoms with Crippen LogP contribution in [0.15, 0.2) is 30.6 Å². The number of hydrogen-bond acceptors (Lipinski definition) is 8. The summed E-state index contributed by atoms with van der Waals surface area (Å²) in [4.78, 5) is 21.1. The van der Waals surface area contributed by atoms with Crippen molar-refractivity contribution in [3.05, 3.63) is 36.2 Å². The largest absolute Gasteiger partial charge is 0.480 e. The van der Waals surface area contributed by atoms with E-state index in [1.807, 2.05) is 0 Å². The van der Waals surface area contributed by atoms with Gasteiger partial charge in [0.05, 0.1) is 22.9 Å². The van der Waals surface area contributed by atoms with Crippen molar-refractivity contribution < 1.29 is 18.8 Å². The summed E-state index contributed by atoms with van der Waals surface area (Å²) in [5.41, 5.74) is 0.203. The first kappa shape index (κ1) is 15.5. The monoisotopic (exact) mass is 400 g/mol. The van der Waals surface area contributed by atoms with Gasteiger partial charge in [-0.3, -0.25) is 4.79 Å². The van der Waals surface area contributed by atoms with Crippen molar-refractivity contribution in [3.63, 3.8) is 0 Å². The fourth-order valence-corrected chi connectivity index (χ4v) is 2.97. The fourth-order valence-electron chi connectivity index (χ4n) is 2.97. The van der Waals surface area contributed by atoms with Gasteiger partial charge in [-0.1, -0.05) is 0 Å². The Kier molecular flexibility index (Phi) is 4.04. The molecule has 1 aliphatic carbocycles. The molecule has 10 nitrogen and oxygen atoms in total. The molecule has 1 aliphatic rings. The van der Waals surface area contributed by atoms with Crippen LogP contribution in [-0.2, 0) is 0 Å². The lowest BCUT2D eigenvalue weighted by molar-refractivity contribution is 0.0937. The van der Waals surface area contributed by atoms with Gasteiger partial charge in [-0.05, 0) is 31.4 Å². The second kappa shape index (κ2) is 7.55. The number of fused-ring (bicyclic) bond motifs is 1. The quantitative estimate of drug-likeness (QED) is 0.449. The Morgan fingerprint density at radius 2 is 2.34 bits per heavy atom. The van der Waals surface area contributed by atoms with Gasteiger partial charge in [-0.2, -0.15) is 9.61 Å². The zero-order valence-electron chi connectivity index (χ0n) is 18.8. The predicted molar refractivity (Wildman–Crippen MR) is 108 cm³/mol. The minimum Gasteiger partial charge on any atom is -0.480 e. The Bertz CT molecular complexity index is 1140. The lowest BCUT2D eigenvalue weighted by Crippen LogP contribution is -2.27. The third kappa shape index (κ3) is 3.92. The van der Waals surface area contributed by atoms with Gasteiger partial charge in [-0.15, -0.1) is 0 Å². The van der Waals surface area contributed by atoms with Crippen LogP contribution in [0, 0.1) is 0 Å². The van der Waals surface area contributed by atoms with E-state index in [-0.39, 0.29) is 17.4 Å². The molecule has 152 valence electrons. The molecule has 0 aliphatic heterocycles. The first-order valence-corrected chi connectivity index (χ1v) is 9.16. The van der Waals surface area contributed by atoms with Gasteiger partial charge in [0, 0.05) is 25.9 Å². The lowest BCUT2D eigenvalue weighted by Gasteiger charge is -2.12. The maximum Gasteiger partial charge on any atom is 0.256 e. The van der Waals surface area contributed by atoms with Gasteiger partial charge in [0.1, 0.15) is 22.9 Å². The number of rotatable bonds is 8. The van der Waals surface area contributed by atoms with E-state index >= 15 is 0 Å². The average Bonchev–Trinajstić information content (AvgIpc) is 3.30. The highest BCUT2D eigenvalue weighted by molar-refractivity contribution is 6.00. The van der Waals surface area contributed by atoms with Crippen LogP contribution in [0.5, 0.6) is 5.88 Å². The van der Waals surface area contributed by atoms with Crippen LogP contribution in [0.1, 0.15) is 33.7 Å². The summed E-state index contributed by atoms with van der Waals surface area (Å²) in [6, 6.07) is 4.87. The van der Waals surface area contributed by atoms with E-state index in [4.69, 9.17) is 8.85 Å². The van der Waals surface area contributed by atoms with E-state index in [2.05, 4.69) is 31.0 Å². The minimum atomic E-state index is -2.66. The highest BCUT2D eigenvalue weighted by Gasteiger charge is 2.39. The molecule has 4 N–H and O–H groups in total. The van der Waals surface area contributed by atoms with Crippen LogP contribution in [0.2, 0.25) is 0 Å². The molecule has 1 amide bonds. The number of aliphatic hydroxyl groups is 1. The van der Waals surface area contributed by atoms with E-state index in [0.717, 1.165) is 12.8 Å². The van der Waals surface area contributed by atoms with Crippen LogP contribution in [-0.4, -0.2) is 56.8 Å². The molecule has 0 atom stereocenters. The Morgan fingerprint density at radius 1 is 1.48 bits per heavy atom. The first-order chi connectivity index (χ1) is 15.2. The highest BCUT2D eigenvalue weighted by Crippen LogP contribution is 2.37. The Morgan fingerprint density at radius 3 is 3.10 bits per heavy atom. The summed E-state index contributed by atoms with van der Waals surface area (Å²) >= 11 is 0. The second-order valence-electron chi connectivity index (χ2n) is 6.88. The Labute approximate surface area is 171 Å². The second-order valence-corrected chi connectivity index (χ2v) is 6.88. The summed E-state index contributed by atoms with van der Waals surface area (Å²) in [6.07, 6.45) is 4.83. The molecule has 1 fully saturated rings. The molecule has 0 spiro atoms. The highest BCUT2D eigenvalue weighted by atomic mass is 16.5. The van der Waals surface area contributed by atoms with Crippen LogP contribution >= 0.6 is 0 Å². The third-order valence-electron chi connectivity index (χ3n) is 4.81. The van der Waals surface area contributed by atoms with Gasteiger partial charge in [0.15, 0.2) is 5.65 Å². The number of ether oxygens (including phenoxy) is 1. The van der Waals surface area contributed by atoms with Gasteiger partial charge in [0.2, 0.25) is 5.88 Å². The molecule has 3 aromatic heterocycles. The topological polar surface area (TPSA) is 126 Å². The van der Waals surface area contributed by atoms with Crippen molar-refractivity contribution in [2.75, 3.05) is 31.3 Å². The smallest absolute Gasteiger partial charge is 0.256 e. The summed E-state index contributed by atoms with van der Waals surface area (Å²) < 4.78 is 28.4. The molecule has 0 unspecified atom stereocenters. The van der Waals surface area contributed by atoms with E-state index in [1.165, 1.54) is 16.9 Å². The maximum absolute atomic E-state index is 12.7. The molecule has 10 heteroatoms. The molecule has 4 rings (SSSR count). The van der Waals surface area contributed by atoms with Gasteiger partial charge < -0.3 is 25.8 Å². The van der Waals surface area contributed by atoms with E-state index < -0.39 is 12.6 Å². The Hall–Kier alpha value is -3.40. The molecule has 1 saturated carbocycles. The normalized spacial score (nSPS) is 16.4. The number of nitrogens with one attached hydrogen (secondary N) is 3. The average molecular weight is 400 g/mol. The maximum atomic E-state index is 12.7. The number of anilines is 3. The molecule has 0 bridgehead atoms. The zero-order chi connectivity index (χ0) is 22.9. The third-order valence-corrected chi connectivity index (χ3v) is 4.81. The number of hydrogen-bond donors (Lipinski definition) is 4. The van der Waals surface area contributed by atoms with Crippen molar-refractivity contribution in [2.24, 2.45) is 0 Å². The summed E-state index contributed by atoms with van der Waals surface area (Å²) in [7, 11) is -0.966. The van der Waals surface area contributed by atoms with Crippen molar-refractivity contribution in [1.82, 2.24) is 24.9 Å². The SMILES string of the molecule is [2H]C([2H])([2H])Oc1ncccc1Nc1cc(NC)n2ncc(C(=O)NCCC3(O)CC3)c2n1. The first-order valence-electron chi connectivity index (χ1n) is 10.7. The van der Waals surface area contributed by atoms with E-state index in [0.29, 0.717) is 35.9 Å². The summed E-state index contributed by atoms with van der Waals surface area (Å²) in [5, 5.41) is 22.9. The number of amides is 1. The summed E-state index contributed by atoms with van der Waals surface area (Å²) in [6.45, 7) is 0.342. The van der Waals surface area contributed by atoms with Crippen LogP contribution in [0.4, 0.5) is 17.3 Å². The standard InChI is InChI=1S/C19H23N7O3/c1-20-15-10-14(24-13-4-3-8-22-18(13)29-2)25-16-12(11-23-26(15)16)17(27)21-9-7-19(28)5-6-19/h3-4,8,10-11,20,28H,5-7,9H2,1-2H3,(H,21,27)(H,24,25)/i2D3. The molecular formula is C19H23N7O3. The molecule has 0 radical (unpaired) electrons. The van der Waals surface area contributed by atoms with Crippen molar-refractivity contribution in [3.8, 4) is 5.88 Å². The van der Waals surface area contributed by atoms with E-state index in [9.17, 15) is 9.90 Å². The van der Waals surface area contributed by atoms with Crippen LogP contribution in [0.25, 0.3) is 5.65 Å². The molecule has 3 aromatic rings. The fraction of sp³-hybridized carbons (Fsp3) is 0.368. The molecule has 3 heterocycles. The number of aromatic nitrogens is 4. The number of methoxy groups -OCH3 is 1. The van der Waals surface area contributed by atoms with Crippen LogP contribution in [0.3, 0.4) is 0 Å². The minimum absolute atomic E-state index is 0.107. The molecular weight excluding hydrogens is 374 g/mol. The van der Waals surface area contributed by atoms with Crippen LogP contribution < -0.4 is 20.7 Å². The van der Waals surface area contributed by atoms with Gasteiger partial charge in [-0.25, -0.2) is 9.97 Å². The number of carbonyl (C=O) groups excluding carboxylic acids is 1. The number of carbonyl (C=O) groups is 1. The van der Waals surface area contributed by atoms with Crippen molar-refractivity contribution >= 4 is 28.9 Å². The van der Waals surface area contributed by atoms with Crippen molar-refractivity contribution in [2.45, 2.75) is 24.9 Å². The molecule has 29 heavy (non-hydrogen) atoms.